The van der Waals surface area contributed by atoms with Crippen LogP contribution in [0.25, 0.3) is 0 Å². The van der Waals surface area contributed by atoms with Crippen LogP contribution in [-0.4, -0.2) is 56.0 Å². The van der Waals surface area contributed by atoms with Crippen LogP contribution in [0.1, 0.15) is 60.8 Å². The third-order valence-electron chi connectivity index (χ3n) is 4.84. The van der Waals surface area contributed by atoms with Crippen LogP contribution in [0.4, 0.5) is 0 Å². The largest absolute Gasteiger partial charge is 0.329 e. The minimum atomic E-state index is -0.208. The van der Waals surface area contributed by atoms with Crippen LogP contribution in [0.2, 0.25) is 0 Å². The lowest BCUT2D eigenvalue weighted by molar-refractivity contribution is -0.139. The molecule has 28 heavy (non-hydrogen) atoms. The smallest absolute Gasteiger partial charge is 0.233 e. The summed E-state index contributed by atoms with van der Waals surface area (Å²) in [6.45, 7) is 17.4. The van der Waals surface area contributed by atoms with Crippen LogP contribution in [0, 0.1) is 16.7 Å². The summed E-state index contributed by atoms with van der Waals surface area (Å²) < 4.78 is 0. The normalized spacial score (nSPS) is 19.0. The van der Waals surface area contributed by atoms with Crippen LogP contribution in [0.5, 0.6) is 0 Å². The molecule has 0 aromatic rings. The Kier molecular flexibility index (Phi) is 9.81. The van der Waals surface area contributed by atoms with Crippen molar-refractivity contribution >= 4 is 11.8 Å². The van der Waals surface area contributed by atoms with Gasteiger partial charge in [0.25, 0.3) is 0 Å². The van der Waals surface area contributed by atoms with E-state index in [4.69, 9.17) is 5.73 Å². The highest BCUT2D eigenvalue weighted by atomic mass is 16.2. The fourth-order valence-electron chi connectivity index (χ4n) is 4.40. The van der Waals surface area contributed by atoms with Gasteiger partial charge in [0.2, 0.25) is 11.8 Å². The number of imide groups is 1. The second-order valence-electron chi connectivity index (χ2n) is 9.99. The van der Waals surface area contributed by atoms with E-state index < -0.39 is 0 Å². The van der Waals surface area contributed by atoms with E-state index in [1.54, 1.807) is 0 Å². The van der Waals surface area contributed by atoms with E-state index >= 15 is 0 Å². The molecule has 162 valence electrons. The lowest BCUT2D eigenvalue weighted by atomic mass is 9.75. The summed E-state index contributed by atoms with van der Waals surface area (Å²) in [6.07, 6.45) is 4.37. The van der Waals surface area contributed by atoms with E-state index in [-0.39, 0.29) is 28.6 Å². The van der Waals surface area contributed by atoms with Crippen molar-refractivity contribution in [3.05, 3.63) is 11.6 Å². The Morgan fingerprint density at radius 3 is 2.29 bits per heavy atom. The first-order valence-electron chi connectivity index (χ1n) is 10.6. The summed E-state index contributed by atoms with van der Waals surface area (Å²) in [5.74, 6) is -0.269. The van der Waals surface area contributed by atoms with E-state index in [0.29, 0.717) is 32.5 Å². The summed E-state index contributed by atoms with van der Waals surface area (Å²) in [5.41, 5.74) is 6.95. The molecule has 2 amide bonds. The third-order valence-corrected chi connectivity index (χ3v) is 4.84. The molecule has 0 bridgehead atoms. The predicted octanol–water partition coefficient (Wildman–Crippen LogP) is 2.30. The van der Waals surface area contributed by atoms with Crippen molar-refractivity contribution in [2.45, 2.75) is 60.8 Å². The number of carbonyl (C=O) groups excluding carboxylic acids is 2. The average molecular weight is 395 g/mol. The molecule has 1 saturated heterocycles. The highest BCUT2D eigenvalue weighted by molar-refractivity contribution is 6.03. The van der Waals surface area contributed by atoms with Crippen molar-refractivity contribution in [1.29, 1.82) is 0 Å². The number of nitrogens with two attached hydrogens (primary N) is 1. The first-order chi connectivity index (χ1) is 12.9. The van der Waals surface area contributed by atoms with Gasteiger partial charge in [0.05, 0.1) is 5.92 Å². The number of nitrogens with one attached hydrogen (secondary N) is 2. The van der Waals surface area contributed by atoms with Crippen molar-refractivity contribution in [1.82, 2.24) is 15.5 Å². The molecule has 0 aromatic heterocycles. The maximum Gasteiger partial charge on any atom is 0.233 e. The van der Waals surface area contributed by atoms with Crippen LogP contribution in [0.3, 0.4) is 0 Å². The maximum atomic E-state index is 12.7. The molecule has 0 aromatic carbocycles. The van der Waals surface area contributed by atoms with Gasteiger partial charge in [0, 0.05) is 45.7 Å². The molecule has 1 aliphatic heterocycles. The molecular formula is C22H42N4O2. The molecule has 1 atom stereocenters. The highest BCUT2D eigenvalue weighted by Crippen LogP contribution is 2.36. The number of allylic oxidation sites excluding steroid dienone is 2. The van der Waals surface area contributed by atoms with Gasteiger partial charge in [-0.3, -0.25) is 14.5 Å². The molecule has 6 heteroatoms. The number of carbonyl (C=O) groups is 2. The molecular weight excluding hydrogens is 352 g/mol. The van der Waals surface area contributed by atoms with E-state index in [0.717, 1.165) is 26.1 Å². The third kappa shape index (κ3) is 9.30. The Balaban J connectivity index is 2.48. The topological polar surface area (TPSA) is 87.5 Å². The average Bonchev–Trinajstić information content (AvgIpc) is 2.77. The van der Waals surface area contributed by atoms with Crippen LogP contribution in [-0.2, 0) is 9.59 Å². The molecule has 1 aliphatic rings. The first kappa shape index (κ1) is 24.8. The zero-order valence-corrected chi connectivity index (χ0v) is 18.9. The van der Waals surface area contributed by atoms with Gasteiger partial charge >= 0.3 is 0 Å². The summed E-state index contributed by atoms with van der Waals surface area (Å²) in [4.78, 5) is 26.4. The minimum absolute atomic E-state index is 0.0190. The molecule has 1 heterocycles. The van der Waals surface area contributed by atoms with Gasteiger partial charge in [-0.2, -0.15) is 0 Å². The standard InChI is InChI=1S/C22H42N4O2/c1-17(15-22(5,6)16-21(2,3)4)13-18-14-19(27)26(20(18)28)12-11-25-10-9-24-8-7-23/h15,18,24-25H,7-14,16,23H2,1-6H3/b17-15+. The minimum Gasteiger partial charge on any atom is -0.329 e. The fourth-order valence-corrected chi connectivity index (χ4v) is 4.40. The molecule has 0 aliphatic carbocycles. The van der Waals surface area contributed by atoms with Gasteiger partial charge in [0.1, 0.15) is 0 Å². The van der Waals surface area contributed by atoms with Gasteiger partial charge in [-0.05, 0) is 30.6 Å². The highest BCUT2D eigenvalue weighted by Gasteiger charge is 2.38. The summed E-state index contributed by atoms with van der Waals surface area (Å²) in [7, 11) is 0. The van der Waals surface area contributed by atoms with Crippen molar-refractivity contribution in [2.24, 2.45) is 22.5 Å². The molecule has 1 unspecified atom stereocenters. The van der Waals surface area contributed by atoms with Gasteiger partial charge in [-0.25, -0.2) is 0 Å². The molecule has 0 radical (unpaired) electrons. The number of amides is 2. The van der Waals surface area contributed by atoms with Crippen molar-refractivity contribution < 1.29 is 9.59 Å². The number of rotatable bonds is 12. The summed E-state index contributed by atoms with van der Waals surface area (Å²) >= 11 is 0. The van der Waals surface area contributed by atoms with Crippen molar-refractivity contribution in [2.75, 3.05) is 39.3 Å². The number of hydrogen-bond acceptors (Lipinski definition) is 5. The number of likely N-dealkylation sites (tertiary alicyclic amines) is 1. The monoisotopic (exact) mass is 394 g/mol. The maximum absolute atomic E-state index is 12.7. The van der Waals surface area contributed by atoms with Crippen LogP contribution in [0.15, 0.2) is 11.6 Å². The second kappa shape index (κ2) is 11.1. The Bertz CT molecular complexity index is 549. The lowest BCUT2D eigenvalue weighted by Crippen LogP contribution is -2.38. The van der Waals surface area contributed by atoms with E-state index in [2.05, 4.69) is 58.3 Å². The van der Waals surface area contributed by atoms with Crippen LogP contribution >= 0.6 is 0 Å². The Labute approximate surface area is 171 Å². The SMILES string of the molecule is C/C(=C\C(C)(C)CC(C)(C)C)CC1CC(=O)N(CCNCCNCCN)C1=O. The van der Waals surface area contributed by atoms with E-state index in [1.165, 1.54) is 10.5 Å². The lowest BCUT2D eigenvalue weighted by Gasteiger charge is -2.30. The number of hydrogen-bond donors (Lipinski definition) is 3. The van der Waals surface area contributed by atoms with Gasteiger partial charge < -0.3 is 16.4 Å². The van der Waals surface area contributed by atoms with Crippen molar-refractivity contribution in [3.8, 4) is 0 Å². The molecule has 0 saturated carbocycles. The van der Waals surface area contributed by atoms with Gasteiger partial charge in [-0.15, -0.1) is 0 Å². The molecule has 6 nitrogen and oxygen atoms in total. The van der Waals surface area contributed by atoms with E-state index in [1.807, 2.05) is 0 Å². The van der Waals surface area contributed by atoms with Gasteiger partial charge in [-0.1, -0.05) is 46.3 Å². The Morgan fingerprint density at radius 2 is 1.71 bits per heavy atom. The molecule has 4 N–H and O–H groups in total. The second-order valence-corrected chi connectivity index (χ2v) is 9.99. The zero-order valence-electron chi connectivity index (χ0n) is 18.9. The Morgan fingerprint density at radius 1 is 1.11 bits per heavy atom. The Hall–Kier alpha value is -1.24. The molecule has 1 rings (SSSR count). The van der Waals surface area contributed by atoms with Crippen molar-refractivity contribution in [3.63, 3.8) is 0 Å². The van der Waals surface area contributed by atoms with Gasteiger partial charge in [0.15, 0.2) is 0 Å². The summed E-state index contributed by atoms with van der Waals surface area (Å²) in [5, 5.41) is 6.46. The molecule has 0 spiro atoms. The predicted molar refractivity (Wildman–Crippen MR) is 116 cm³/mol. The quantitative estimate of drug-likeness (QED) is 0.269. The number of nitrogens with zero attached hydrogens (tertiary/aromatic N) is 1. The fraction of sp³-hybridized carbons (Fsp3) is 0.818. The summed E-state index contributed by atoms with van der Waals surface area (Å²) in [6, 6.07) is 0. The zero-order chi connectivity index (χ0) is 21.4. The molecule has 1 fully saturated rings. The van der Waals surface area contributed by atoms with Crippen LogP contribution < -0.4 is 16.4 Å². The first-order valence-corrected chi connectivity index (χ1v) is 10.6. The van der Waals surface area contributed by atoms with E-state index in [9.17, 15) is 9.59 Å².